The molecule has 1 aromatic rings. The number of hydrogen-bond donors (Lipinski definition) is 2. The van der Waals surface area contributed by atoms with Gasteiger partial charge in [0, 0.05) is 24.8 Å². The van der Waals surface area contributed by atoms with Crippen molar-refractivity contribution in [2.24, 2.45) is 5.73 Å². The normalized spacial score (nSPS) is 14.2. The minimum Gasteiger partial charge on any atom is -0.368 e. The number of nitrogens with one attached hydrogen (secondary N) is 1. The summed E-state index contributed by atoms with van der Waals surface area (Å²) >= 11 is 0. The number of nitrogens with zero attached hydrogens (tertiary/aromatic N) is 1. The van der Waals surface area contributed by atoms with Crippen LogP contribution in [0.1, 0.15) is 43.7 Å². The maximum Gasteiger partial charge on any atom is 0.236 e. The number of unbranched alkanes of at least 4 members (excludes halogenated alkanes) is 1. The monoisotopic (exact) mass is 289 g/mol. The van der Waals surface area contributed by atoms with Crippen LogP contribution in [0.3, 0.4) is 0 Å². The van der Waals surface area contributed by atoms with E-state index in [0.29, 0.717) is 12.6 Å². The zero-order chi connectivity index (χ0) is 15.2. The van der Waals surface area contributed by atoms with E-state index < -0.39 is 0 Å². The molecule has 116 valence electrons. The lowest BCUT2D eigenvalue weighted by molar-refractivity contribution is -0.116. The number of rotatable bonds is 9. The molecule has 3 N–H and O–H groups in total. The van der Waals surface area contributed by atoms with Gasteiger partial charge < -0.3 is 16.0 Å². The summed E-state index contributed by atoms with van der Waals surface area (Å²) in [7, 11) is 0. The van der Waals surface area contributed by atoms with Crippen molar-refractivity contribution in [1.82, 2.24) is 5.32 Å². The molecule has 2 rings (SSSR count). The fourth-order valence-corrected chi connectivity index (χ4v) is 2.53. The highest BCUT2D eigenvalue weighted by atomic mass is 16.1. The quantitative estimate of drug-likeness (QED) is 0.733. The van der Waals surface area contributed by atoms with E-state index in [1.54, 1.807) is 0 Å². The van der Waals surface area contributed by atoms with Crippen LogP contribution in [0, 0.1) is 6.92 Å². The number of carbonyl (C=O) groups is 1. The first-order chi connectivity index (χ1) is 10.1. The number of amides is 1. The fourth-order valence-electron chi connectivity index (χ4n) is 2.53. The highest BCUT2D eigenvalue weighted by molar-refractivity contribution is 5.80. The topological polar surface area (TPSA) is 58.4 Å². The molecule has 4 heteroatoms. The zero-order valence-corrected chi connectivity index (χ0v) is 13.2. The lowest BCUT2D eigenvalue weighted by Gasteiger charge is -2.26. The lowest BCUT2D eigenvalue weighted by Crippen LogP contribution is -2.35. The van der Waals surface area contributed by atoms with Crippen molar-refractivity contribution in [2.45, 2.75) is 52.1 Å². The molecule has 0 bridgehead atoms. The Labute approximate surface area is 127 Å². The third-order valence-corrected chi connectivity index (χ3v) is 3.86. The predicted octanol–water partition coefficient (Wildman–Crippen LogP) is 2.34. The van der Waals surface area contributed by atoms with E-state index in [1.807, 2.05) is 0 Å². The summed E-state index contributed by atoms with van der Waals surface area (Å²) in [5.41, 5.74) is 9.07. The summed E-state index contributed by atoms with van der Waals surface area (Å²) in [6, 6.07) is 7.12. The summed E-state index contributed by atoms with van der Waals surface area (Å²) in [6.45, 7) is 6.30. The highest BCUT2D eigenvalue weighted by Gasteiger charge is 2.21. The minimum absolute atomic E-state index is 0.271. The summed E-state index contributed by atoms with van der Waals surface area (Å²) in [6.07, 6.45) is 4.73. The molecule has 4 nitrogen and oxygen atoms in total. The molecular formula is C17H27N3O. The van der Waals surface area contributed by atoms with E-state index in [2.05, 4.69) is 42.3 Å². The highest BCUT2D eigenvalue weighted by Crippen LogP contribution is 2.25. The van der Waals surface area contributed by atoms with Gasteiger partial charge in [-0.15, -0.1) is 0 Å². The minimum atomic E-state index is -0.271. The molecule has 1 saturated carbocycles. The van der Waals surface area contributed by atoms with Crippen molar-refractivity contribution in [3.05, 3.63) is 29.3 Å². The van der Waals surface area contributed by atoms with Crippen LogP contribution >= 0.6 is 0 Å². The molecule has 1 aliphatic carbocycles. The molecule has 1 amide bonds. The van der Waals surface area contributed by atoms with Crippen molar-refractivity contribution in [3.63, 3.8) is 0 Å². The van der Waals surface area contributed by atoms with Gasteiger partial charge in [-0.25, -0.2) is 0 Å². The Hall–Kier alpha value is -1.55. The van der Waals surface area contributed by atoms with Crippen LogP contribution in [0.4, 0.5) is 5.69 Å². The van der Waals surface area contributed by atoms with E-state index in [4.69, 9.17) is 5.73 Å². The van der Waals surface area contributed by atoms with Gasteiger partial charge in [-0.3, -0.25) is 4.79 Å². The molecular weight excluding hydrogens is 262 g/mol. The molecule has 0 spiro atoms. The number of benzene rings is 1. The number of nitrogens with two attached hydrogens (primary N) is 1. The first-order valence-electron chi connectivity index (χ1n) is 7.96. The van der Waals surface area contributed by atoms with Gasteiger partial charge in [0.05, 0.1) is 6.54 Å². The summed E-state index contributed by atoms with van der Waals surface area (Å²) in [4.78, 5) is 13.5. The fraction of sp³-hybridized carbons (Fsp3) is 0.588. The van der Waals surface area contributed by atoms with Crippen molar-refractivity contribution in [1.29, 1.82) is 0 Å². The van der Waals surface area contributed by atoms with Crippen LogP contribution in [0.25, 0.3) is 0 Å². The molecule has 0 unspecified atom stereocenters. The lowest BCUT2D eigenvalue weighted by atomic mass is 10.1. The van der Waals surface area contributed by atoms with Crippen LogP contribution in [0.5, 0.6) is 0 Å². The van der Waals surface area contributed by atoms with Gasteiger partial charge in [-0.2, -0.15) is 0 Å². The van der Waals surface area contributed by atoms with Crippen molar-refractivity contribution in [3.8, 4) is 0 Å². The summed E-state index contributed by atoms with van der Waals surface area (Å²) in [5, 5.41) is 3.56. The second-order valence-corrected chi connectivity index (χ2v) is 6.03. The van der Waals surface area contributed by atoms with Gasteiger partial charge in [0.1, 0.15) is 0 Å². The molecule has 1 fully saturated rings. The third-order valence-electron chi connectivity index (χ3n) is 3.86. The first kappa shape index (κ1) is 15.8. The molecule has 0 heterocycles. The molecule has 0 aromatic heterocycles. The Balaban J connectivity index is 2.16. The maximum absolute atomic E-state index is 11.4. The first-order valence-corrected chi connectivity index (χ1v) is 7.96. The maximum atomic E-state index is 11.4. The Morgan fingerprint density at radius 3 is 2.81 bits per heavy atom. The van der Waals surface area contributed by atoms with Crippen LogP contribution < -0.4 is 16.0 Å². The van der Waals surface area contributed by atoms with Gasteiger partial charge in [0.25, 0.3) is 0 Å². The van der Waals surface area contributed by atoms with E-state index in [-0.39, 0.29) is 5.91 Å². The van der Waals surface area contributed by atoms with Crippen molar-refractivity contribution in [2.75, 3.05) is 18.0 Å². The van der Waals surface area contributed by atoms with Gasteiger partial charge in [0.15, 0.2) is 0 Å². The Kier molecular flexibility index (Phi) is 5.62. The van der Waals surface area contributed by atoms with Crippen LogP contribution in [-0.4, -0.2) is 25.0 Å². The molecule has 0 aliphatic heterocycles. The molecule has 1 aromatic carbocycles. The van der Waals surface area contributed by atoms with Crippen molar-refractivity contribution < 1.29 is 4.79 Å². The number of primary amides is 1. The molecule has 0 atom stereocenters. The van der Waals surface area contributed by atoms with E-state index in [1.165, 1.54) is 24.0 Å². The predicted molar refractivity (Wildman–Crippen MR) is 87.4 cm³/mol. The second kappa shape index (κ2) is 7.46. The number of hydrogen-bond acceptors (Lipinski definition) is 3. The Morgan fingerprint density at radius 1 is 1.43 bits per heavy atom. The Morgan fingerprint density at radius 2 is 2.19 bits per heavy atom. The van der Waals surface area contributed by atoms with E-state index in [0.717, 1.165) is 31.6 Å². The smallest absolute Gasteiger partial charge is 0.236 e. The summed E-state index contributed by atoms with van der Waals surface area (Å²) in [5.74, 6) is -0.271. The third kappa shape index (κ3) is 5.05. The van der Waals surface area contributed by atoms with Gasteiger partial charge >= 0.3 is 0 Å². The Bertz CT molecular complexity index is 483. The average Bonchev–Trinajstić information content (AvgIpc) is 3.25. The summed E-state index contributed by atoms with van der Waals surface area (Å²) < 4.78 is 0. The second-order valence-electron chi connectivity index (χ2n) is 6.03. The van der Waals surface area contributed by atoms with Crippen LogP contribution in [0.15, 0.2) is 18.2 Å². The average molecular weight is 289 g/mol. The standard InChI is InChI=1S/C17H27N3O/c1-3-4-9-20(12-17(18)21)16-8-5-13(2)10-14(16)11-19-15-6-7-15/h5,8,10,15,19H,3-4,6-7,9,11-12H2,1-2H3,(H2,18,21). The van der Waals surface area contributed by atoms with Gasteiger partial charge in [-0.05, 0) is 37.8 Å². The van der Waals surface area contributed by atoms with E-state index in [9.17, 15) is 4.79 Å². The SMILES string of the molecule is CCCCN(CC(N)=O)c1ccc(C)cc1CNC1CC1. The zero-order valence-electron chi connectivity index (χ0n) is 13.2. The van der Waals surface area contributed by atoms with E-state index >= 15 is 0 Å². The largest absolute Gasteiger partial charge is 0.368 e. The van der Waals surface area contributed by atoms with Crippen LogP contribution in [-0.2, 0) is 11.3 Å². The van der Waals surface area contributed by atoms with Gasteiger partial charge in [-0.1, -0.05) is 31.0 Å². The molecule has 0 saturated heterocycles. The van der Waals surface area contributed by atoms with Crippen molar-refractivity contribution >= 4 is 11.6 Å². The van der Waals surface area contributed by atoms with Gasteiger partial charge in [0.2, 0.25) is 5.91 Å². The number of carbonyl (C=O) groups excluding carboxylic acids is 1. The van der Waals surface area contributed by atoms with Crippen LogP contribution in [0.2, 0.25) is 0 Å². The number of aryl methyl sites for hydroxylation is 1. The molecule has 1 aliphatic rings. The number of anilines is 1. The molecule has 21 heavy (non-hydrogen) atoms. The molecule has 0 radical (unpaired) electrons.